The van der Waals surface area contributed by atoms with Crippen LogP contribution in [0.3, 0.4) is 0 Å². The number of ether oxygens (including phenoxy) is 2. The molecule has 39 heavy (non-hydrogen) atoms. The average Bonchev–Trinajstić information content (AvgIpc) is 3.49. The van der Waals surface area contributed by atoms with Gasteiger partial charge in [0.05, 0.1) is 24.5 Å². The van der Waals surface area contributed by atoms with Gasteiger partial charge in [-0.15, -0.1) is 0 Å². The molecule has 0 aromatic heterocycles. The van der Waals surface area contributed by atoms with Crippen LogP contribution in [0.1, 0.15) is 77.6 Å². The lowest BCUT2D eigenvalue weighted by Gasteiger charge is -2.37. The Morgan fingerprint density at radius 3 is 2.33 bits per heavy atom. The van der Waals surface area contributed by atoms with E-state index in [1.165, 1.54) is 6.42 Å². The van der Waals surface area contributed by atoms with E-state index in [0.717, 1.165) is 70.0 Å². The second kappa shape index (κ2) is 11.0. The molecule has 4 fully saturated rings. The first-order valence-electron chi connectivity index (χ1n) is 15.1. The molecule has 3 amide bonds. The summed E-state index contributed by atoms with van der Waals surface area (Å²) in [4.78, 5) is 43.9. The summed E-state index contributed by atoms with van der Waals surface area (Å²) >= 11 is 0. The van der Waals surface area contributed by atoms with E-state index in [-0.39, 0.29) is 29.8 Å². The van der Waals surface area contributed by atoms with Crippen molar-refractivity contribution < 1.29 is 23.9 Å². The normalized spacial score (nSPS) is 32.6. The van der Waals surface area contributed by atoms with Gasteiger partial charge in [0.2, 0.25) is 17.7 Å². The van der Waals surface area contributed by atoms with Crippen LogP contribution in [0.4, 0.5) is 5.69 Å². The monoisotopic (exact) mass is 535 g/mol. The largest absolute Gasteiger partial charge is 0.494 e. The van der Waals surface area contributed by atoms with Crippen LogP contribution in [0.5, 0.6) is 5.75 Å². The van der Waals surface area contributed by atoms with E-state index in [2.05, 4.69) is 10.6 Å². The van der Waals surface area contributed by atoms with Gasteiger partial charge >= 0.3 is 0 Å². The fourth-order valence-corrected chi connectivity index (χ4v) is 7.69. The van der Waals surface area contributed by atoms with Crippen LogP contribution < -0.4 is 15.4 Å². The Kier molecular flexibility index (Phi) is 7.40. The molecule has 2 bridgehead atoms. The molecule has 6 rings (SSSR count). The van der Waals surface area contributed by atoms with Crippen molar-refractivity contribution in [2.24, 2.45) is 11.8 Å². The maximum absolute atomic E-state index is 14.3. The number of amides is 3. The van der Waals surface area contributed by atoms with Crippen molar-refractivity contribution in [2.75, 3.05) is 11.9 Å². The van der Waals surface area contributed by atoms with E-state index in [0.29, 0.717) is 12.3 Å². The van der Waals surface area contributed by atoms with Gasteiger partial charge in [-0.2, -0.15) is 0 Å². The molecule has 8 heteroatoms. The van der Waals surface area contributed by atoms with Crippen LogP contribution in [0.2, 0.25) is 0 Å². The standard InChI is InChI=1S/C31H41N3O5/c1-2-38-23-16-14-21(15-17-23)32-28(35)25-24-18-19-31(39-24)26(25)30(37)34(22-12-8-3-4-9-13-22)27(31)29(36)33-20-10-6-5-7-11-20/h14-20,22,24-27H,2-13H2,1H3,(H,32,35)(H,33,36)/t24-,25+,26-,27+,31-/m0/s1. The summed E-state index contributed by atoms with van der Waals surface area (Å²) < 4.78 is 12.0. The fraction of sp³-hybridized carbons (Fsp3) is 0.645. The molecule has 210 valence electrons. The Balaban J connectivity index is 1.28. The summed E-state index contributed by atoms with van der Waals surface area (Å²) in [6.45, 7) is 2.49. The first-order chi connectivity index (χ1) is 19.0. The highest BCUT2D eigenvalue weighted by atomic mass is 16.5. The molecule has 1 aromatic carbocycles. The third-order valence-corrected chi connectivity index (χ3v) is 9.47. The van der Waals surface area contributed by atoms with Crippen LogP contribution in [-0.2, 0) is 19.1 Å². The van der Waals surface area contributed by atoms with E-state index in [1.807, 2.05) is 36.1 Å². The Bertz CT molecular complexity index is 1110. The van der Waals surface area contributed by atoms with E-state index in [4.69, 9.17) is 9.47 Å². The number of carbonyl (C=O) groups is 3. The second-order valence-corrected chi connectivity index (χ2v) is 11.9. The highest BCUT2D eigenvalue weighted by Gasteiger charge is 2.73. The summed E-state index contributed by atoms with van der Waals surface area (Å²) in [5.74, 6) is -1.14. The van der Waals surface area contributed by atoms with Gasteiger partial charge in [0.1, 0.15) is 17.4 Å². The average molecular weight is 536 g/mol. The minimum absolute atomic E-state index is 0.00653. The highest BCUT2D eigenvalue weighted by Crippen LogP contribution is 2.56. The molecule has 5 aliphatic rings. The van der Waals surface area contributed by atoms with Gasteiger partial charge in [-0.3, -0.25) is 14.4 Å². The van der Waals surface area contributed by atoms with E-state index in [9.17, 15) is 14.4 Å². The molecule has 3 aliphatic heterocycles. The number of carbonyl (C=O) groups excluding carboxylic acids is 3. The molecular formula is C31H41N3O5. The summed E-state index contributed by atoms with van der Waals surface area (Å²) in [5.41, 5.74) is -0.463. The molecule has 0 unspecified atom stereocenters. The molecule has 1 aromatic rings. The zero-order chi connectivity index (χ0) is 27.0. The van der Waals surface area contributed by atoms with Gasteiger partial charge < -0.3 is 25.0 Å². The van der Waals surface area contributed by atoms with E-state index in [1.54, 1.807) is 12.1 Å². The predicted octanol–water partition coefficient (Wildman–Crippen LogP) is 4.35. The van der Waals surface area contributed by atoms with Gasteiger partial charge in [-0.25, -0.2) is 0 Å². The van der Waals surface area contributed by atoms with Crippen LogP contribution in [0, 0.1) is 11.8 Å². The lowest BCUT2D eigenvalue weighted by molar-refractivity contribution is -0.144. The summed E-state index contributed by atoms with van der Waals surface area (Å²) in [7, 11) is 0. The maximum Gasteiger partial charge on any atom is 0.246 e. The molecule has 2 aliphatic carbocycles. The van der Waals surface area contributed by atoms with Crippen molar-refractivity contribution in [2.45, 2.75) is 107 Å². The van der Waals surface area contributed by atoms with Crippen molar-refractivity contribution in [3.8, 4) is 5.75 Å². The second-order valence-electron chi connectivity index (χ2n) is 11.9. The van der Waals surface area contributed by atoms with Crippen LogP contribution in [0.25, 0.3) is 0 Å². The van der Waals surface area contributed by atoms with Gasteiger partial charge in [0, 0.05) is 17.8 Å². The Morgan fingerprint density at radius 1 is 0.974 bits per heavy atom. The quantitative estimate of drug-likeness (QED) is 0.400. The van der Waals surface area contributed by atoms with Crippen LogP contribution in [0.15, 0.2) is 36.4 Å². The number of fused-ring (bicyclic) bond motifs is 1. The molecule has 8 nitrogen and oxygen atoms in total. The molecule has 3 heterocycles. The van der Waals surface area contributed by atoms with Gasteiger partial charge in [-0.1, -0.05) is 57.1 Å². The van der Waals surface area contributed by atoms with Crippen LogP contribution >= 0.6 is 0 Å². The first-order valence-corrected chi connectivity index (χ1v) is 15.1. The zero-order valence-electron chi connectivity index (χ0n) is 22.9. The fourth-order valence-electron chi connectivity index (χ4n) is 7.69. The molecule has 2 N–H and O–H groups in total. The number of nitrogens with zero attached hydrogens (tertiary/aromatic N) is 1. The molecule has 1 spiro atoms. The highest BCUT2D eigenvalue weighted by molar-refractivity contribution is 6.03. The maximum atomic E-state index is 14.3. The number of benzene rings is 1. The van der Waals surface area contributed by atoms with E-state index >= 15 is 0 Å². The smallest absolute Gasteiger partial charge is 0.246 e. The number of rotatable bonds is 7. The predicted molar refractivity (Wildman–Crippen MR) is 147 cm³/mol. The summed E-state index contributed by atoms with van der Waals surface area (Å²) in [6.07, 6.45) is 14.8. The summed E-state index contributed by atoms with van der Waals surface area (Å²) in [6, 6.07) is 6.62. The Hall–Kier alpha value is -2.87. The lowest BCUT2D eigenvalue weighted by Crippen LogP contribution is -2.58. The van der Waals surface area contributed by atoms with E-state index < -0.39 is 29.6 Å². The van der Waals surface area contributed by atoms with Crippen molar-refractivity contribution >= 4 is 23.4 Å². The molecule has 5 atom stereocenters. The number of likely N-dealkylation sites (tertiary alicyclic amines) is 1. The summed E-state index contributed by atoms with van der Waals surface area (Å²) in [5, 5.41) is 6.30. The minimum Gasteiger partial charge on any atom is -0.494 e. The minimum atomic E-state index is -1.10. The van der Waals surface area contributed by atoms with Crippen molar-refractivity contribution in [3.05, 3.63) is 36.4 Å². The number of hydrogen-bond acceptors (Lipinski definition) is 5. The van der Waals surface area contributed by atoms with Crippen molar-refractivity contribution in [3.63, 3.8) is 0 Å². The van der Waals surface area contributed by atoms with Gasteiger partial charge in [0.25, 0.3) is 0 Å². The topological polar surface area (TPSA) is 97.0 Å². The van der Waals surface area contributed by atoms with Crippen molar-refractivity contribution in [1.82, 2.24) is 10.2 Å². The number of hydrogen-bond donors (Lipinski definition) is 2. The number of anilines is 1. The molecular weight excluding hydrogens is 494 g/mol. The first kappa shape index (κ1) is 26.4. The molecule has 2 saturated heterocycles. The Labute approximate surface area is 230 Å². The van der Waals surface area contributed by atoms with Gasteiger partial charge in [0.15, 0.2) is 0 Å². The SMILES string of the molecule is CCOc1ccc(NC(=O)[C@@H]2[C@@H]3C=C[C@]4(O3)[C@@H]2C(=O)N(C2CCCCCC2)[C@@H]4C(=O)NC2CCCCC2)cc1. The van der Waals surface area contributed by atoms with Crippen LogP contribution in [-0.4, -0.2) is 59.1 Å². The molecule has 2 saturated carbocycles. The number of nitrogens with one attached hydrogen (secondary N) is 2. The van der Waals surface area contributed by atoms with Crippen molar-refractivity contribution in [1.29, 1.82) is 0 Å². The third kappa shape index (κ3) is 4.75. The molecule has 0 radical (unpaired) electrons. The zero-order valence-corrected chi connectivity index (χ0v) is 22.9. The lowest BCUT2D eigenvalue weighted by atomic mass is 9.74. The Morgan fingerprint density at radius 2 is 1.64 bits per heavy atom. The van der Waals surface area contributed by atoms with Gasteiger partial charge in [-0.05, 0) is 56.9 Å². The third-order valence-electron chi connectivity index (χ3n) is 9.47.